The number of hydrogen-bond donors (Lipinski definition) is 2. The zero-order valence-corrected chi connectivity index (χ0v) is 12.6. The number of aromatic nitrogens is 1. The fourth-order valence-electron chi connectivity index (χ4n) is 1.93. The largest absolute Gasteiger partial charge is 0.389 e. The molecule has 1 amide bonds. The highest BCUT2D eigenvalue weighted by atomic mass is 32.1. The third-order valence-corrected chi connectivity index (χ3v) is 3.45. The number of aryl methyl sites for hydroxylation is 1. The maximum absolute atomic E-state index is 11.9. The molecular formula is C16H17N3OS. The number of nitrogens with zero attached hydrogens (tertiary/aromatic N) is 1. The fraction of sp³-hybridized carbons (Fsp3) is 0.188. The fourth-order valence-corrected chi connectivity index (χ4v) is 2.07. The summed E-state index contributed by atoms with van der Waals surface area (Å²) in [4.78, 5) is 16.3. The molecule has 0 bridgehead atoms. The number of carbonyl (C=O) groups excluding carboxylic acids is 1. The van der Waals surface area contributed by atoms with Crippen LogP contribution in [0.3, 0.4) is 0 Å². The maximum atomic E-state index is 11.9. The summed E-state index contributed by atoms with van der Waals surface area (Å²) in [5.41, 5.74) is 9.41. The maximum Gasteiger partial charge on any atom is 0.224 e. The summed E-state index contributed by atoms with van der Waals surface area (Å²) in [6.07, 6.45) is 3.85. The summed E-state index contributed by atoms with van der Waals surface area (Å²) in [6.45, 7) is 2.49. The van der Waals surface area contributed by atoms with Gasteiger partial charge in [0, 0.05) is 24.5 Å². The summed E-state index contributed by atoms with van der Waals surface area (Å²) in [5.74, 6) is -0.0192. The van der Waals surface area contributed by atoms with Crippen LogP contribution in [0.2, 0.25) is 0 Å². The molecule has 0 saturated carbocycles. The van der Waals surface area contributed by atoms with E-state index in [0.717, 1.165) is 22.3 Å². The number of pyridine rings is 1. The van der Waals surface area contributed by atoms with E-state index in [-0.39, 0.29) is 5.91 Å². The molecule has 0 unspecified atom stereocenters. The lowest BCUT2D eigenvalue weighted by atomic mass is 10.1. The Bertz CT molecular complexity index is 653. The Morgan fingerprint density at radius 2 is 2.00 bits per heavy atom. The lowest BCUT2D eigenvalue weighted by Gasteiger charge is -2.08. The van der Waals surface area contributed by atoms with Gasteiger partial charge >= 0.3 is 0 Å². The second kappa shape index (κ2) is 6.95. The predicted molar refractivity (Wildman–Crippen MR) is 86.9 cm³/mol. The summed E-state index contributed by atoms with van der Waals surface area (Å²) in [6, 6.07) is 9.31. The van der Waals surface area contributed by atoms with Gasteiger partial charge in [0.05, 0.1) is 6.42 Å². The minimum atomic E-state index is -0.0192. The Morgan fingerprint density at radius 3 is 2.62 bits per heavy atom. The molecule has 2 rings (SSSR count). The topological polar surface area (TPSA) is 68.0 Å². The van der Waals surface area contributed by atoms with E-state index in [9.17, 15) is 4.79 Å². The first-order valence-electron chi connectivity index (χ1n) is 6.61. The molecule has 21 heavy (non-hydrogen) atoms. The van der Waals surface area contributed by atoms with Gasteiger partial charge in [0.15, 0.2) is 0 Å². The van der Waals surface area contributed by atoms with Gasteiger partial charge in [-0.3, -0.25) is 9.78 Å². The average molecular weight is 299 g/mol. The average Bonchev–Trinajstić information content (AvgIpc) is 2.47. The van der Waals surface area contributed by atoms with Gasteiger partial charge in [0.1, 0.15) is 4.99 Å². The molecule has 0 atom stereocenters. The van der Waals surface area contributed by atoms with Gasteiger partial charge in [-0.25, -0.2) is 0 Å². The van der Waals surface area contributed by atoms with Crippen molar-refractivity contribution in [3.63, 3.8) is 0 Å². The summed E-state index contributed by atoms with van der Waals surface area (Å²) in [7, 11) is 0. The van der Waals surface area contributed by atoms with Crippen LogP contribution < -0.4 is 11.1 Å². The molecule has 0 spiro atoms. The van der Waals surface area contributed by atoms with Gasteiger partial charge in [0.25, 0.3) is 0 Å². The molecule has 3 N–H and O–H groups in total. The van der Waals surface area contributed by atoms with Gasteiger partial charge in [0.2, 0.25) is 5.91 Å². The van der Waals surface area contributed by atoms with Crippen molar-refractivity contribution in [1.82, 2.24) is 10.3 Å². The molecule has 0 aliphatic rings. The number of amides is 1. The quantitative estimate of drug-likeness (QED) is 0.827. The van der Waals surface area contributed by atoms with E-state index >= 15 is 0 Å². The first-order valence-corrected chi connectivity index (χ1v) is 7.02. The first kappa shape index (κ1) is 15.1. The highest BCUT2D eigenvalue weighted by Gasteiger charge is 2.05. The van der Waals surface area contributed by atoms with Crippen molar-refractivity contribution in [2.75, 3.05) is 0 Å². The van der Waals surface area contributed by atoms with Crippen molar-refractivity contribution >= 4 is 23.1 Å². The van der Waals surface area contributed by atoms with Crippen LogP contribution in [-0.2, 0) is 17.8 Å². The molecule has 5 heteroatoms. The Balaban J connectivity index is 1.90. The number of hydrogen-bond acceptors (Lipinski definition) is 3. The van der Waals surface area contributed by atoms with Crippen molar-refractivity contribution in [3.8, 4) is 0 Å². The van der Waals surface area contributed by atoms with E-state index in [1.54, 1.807) is 12.4 Å². The van der Waals surface area contributed by atoms with Gasteiger partial charge < -0.3 is 11.1 Å². The van der Waals surface area contributed by atoms with Crippen molar-refractivity contribution in [3.05, 3.63) is 65.0 Å². The molecule has 1 aromatic heterocycles. The molecule has 0 fully saturated rings. The Labute approximate surface area is 129 Å². The monoisotopic (exact) mass is 299 g/mol. The van der Waals surface area contributed by atoms with Crippen LogP contribution in [0.5, 0.6) is 0 Å². The van der Waals surface area contributed by atoms with Crippen molar-refractivity contribution in [2.24, 2.45) is 5.73 Å². The summed E-state index contributed by atoms with van der Waals surface area (Å²) in [5, 5.41) is 2.91. The molecule has 0 saturated heterocycles. The third kappa shape index (κ3) is 4.36. The highest BCUT2D eigenvalue weighted by molar-refractivity contribution is 7.80. The van der Waals surface area contributed by atoms with Crippen molar-refractivity contribution in [2.45, 2.75) is 19.9 Å². The molecule has 0 radical (unpaired) electrons. The predicted octanol–water partition coefficient (Wildman–Crippen LogP) is 1.88. The van der Waals surface area contributed by atoms with E-state index in [1.165, 1.54) is 0 Å². The van der Waals surface area contributed by atoms with Crippen LogP contribution in [0.25, 0.3) is 0 Å². The number of rotatable bonds is 5. The van der Waals surface area contributed by atoms with Crippen molar-refractivity contribution < 1.29 is 4.79 Å². The molecule has 0 aliphatic carbocycles. The highest BCUT2D eigenvalue weighted by Crippen LogP contribution is 2.07. The Morgan fingerprint density at radius 1 is 1.29 bits per heavy atom. The normalized spacial score (nSPS) is 10.1. The van der Waals surface area contributed by atoms with E-state index < -0.39 is 0 Å². The van der Waals surface area contributed by atoms with Gasteiger partial charge in [-0.05, 0) is 29.7 Å². The molecule has 1 heterocycles. The molecule has 1 aromatic carbocycles. The van der Waals surface area contributed by atoms with Crippen LogP contribution in [0.4, 0.5) is 0 Å². The van der Waals surface area contributed by atoms with Crippen LogP contribution in [0.1, 0.15) is 22.3 Å². The molecule has 4 nitrogen and oxygen atoms in total. The van der Waals surface area contributed by atoms with Gasteiger partial charge in [-0.2, -0.15) is 0 Å². The van der Waals surface area contributed by atoms with Gasteiger partial charge in [-0.1, -0.05) is 36.5 Å². The summed E-state index contributed by atoms with van der Waals surface area (Å²) >= 11 is 4.89. The number of benzene rings is 1. The SMILES string of the molecule is Cc1cnccc1CNC(=O)Cc1ccc(C(N)=S)cc1. The lowest BCUT2D eigenvalue weighted by molar-refractivity contribution is -0.120. The minimum Gasteiger partial charge on any atom is -0.389 e. The third-order valence-electron chi connectivity index (χ3n) is 3.22. The smallest absolute Gasteiger partial charge is 0.224 e. The molecule has 0 aliphatic heterocycles. The molecular weight excluding hydrogens is 282 g/mol. The van der Waals surface area contributed by atoms with Crippen LogP contribution in [0, 0.1) is 6.92 Å². The van der Waals surface area contributed by atoms with E-state index in [1.807, 2.05) is 37.3 Å². The molecule has 108 valence electrons. The van der Waals surface area contributed by atoms with Crippen LogP contribution >= 0.6 is 12.2 Å². The van der Waals surface area contributed by atoms with Crippen molar-refractivity contribution in [1.29, 1.82) is 0 Å². The Hall–Kier alpha value is -2.27. The second-order valence-corrected chi connectivity index (χ2v) is 5.26. The zero-order valence-electron chi connectivity index (χ0n) is 11.8. The van der Waals surface area contributed by atoms with E-state index in [2.05, 4.69) is 10.3 Å². The Kier molecular flexibility index (Phi) is 5.00. The zero-order chi connectivity index (χ0) is 15.2. The lowest BCUT2D eigenvalue weighted by Crippen LogP contribution is -2.25. The standard InChI is InChI=1S/C16H17N3OS/c1-11-9-18-7-6-14(11)10-19-15(20)8-12-2-4-13(5-3-12)16(17)21/h2-7,9H,8,10H2,1H3,(H2,17,21)(H,19,20). The first-order chi connectivity index (χ1) is 10.1. The van der Waals surface area contributed by atoms with Crippen LogP contribution in [-0.4, -0.2) is 15.9 Å². The van der Waals surface area contributed by atoms with Crippen LogP contribution in [0.15, 0.2) is 42.7 Å². The minimum absolute atomic E-state index is 0.0192. The number of thiocarbonyl (C=S) groups is 1. The summed E-state index contributed by atoms with van der Waals surface area (Å²) < 4.78 is 0. The van der Waals surface area contributed by atoms with E-state index in [0.29, 0.717) is 18.0 Å². The number of carbonyl (C=O) groups is 1. The second-order valence-electron chi connectivity index (χ2n) is 4.82. The van der Waals surface area contributed by atoms with Gasteiger partial charge in [-0.15, -0.1) is 0 Å². The number of nitrogens with one attached hydrogen (secondary N) is 1. The van der Waals surface area contributed by atoms with E-state index in [4.69, 9.17) is 18.0 Å². The molecule has 2 aromatic rings. The number of nitrogens with two attached hydrogens (primary N) is 1.